The van der Waals surface area contributed by atoms with E-state index in [9.17, 15) is 0 Å². The number of ether oxygens (including phenoxy) is 1. The van der Waals surface area contributed by atoms with E-state index < -0.39 is 0 Å². The molecule has 3 nitrogen and oxygen atoms in total. The molecule has 2 rings (SSSR count). The first-order valence-electron chi connectivity index (χ1n) is 8.68. The molecule has 0 saturated heterocycles. The second kappa shape index (κ2) is 8.23. The van der Waals surface area contributed by atoms with Gasteiger partial charge in [0.05, 0.1) is 6.61 Å². The van der Waals surface area contributed by atoms with Crippen LogP contribution in [-0.4, -0.2) is 17.7 Å². The van der Waals surface area contributed by atoms with E-state index in [0.29, 0.717) is 6.61 Å². The van der Waals surface area contributed by atoms with E-state index in [4.69, 9.17) is 4.74 Å². The van der Waals surface area contributed by atoms with Crippen LogP contribution in [0.3, 0.4) is 0 Å². The van der Waals surface area contributed by atoms with Gasteiger partial charge in [-0.25, -0.2) is 0 Å². The maximum absolute atomic E-state index is 5.70. The molecule has 0 atom stereocenters. The van der Waals surface area contributed by atoms with Gasteiger partial charge in [-0.3, -0.25) is 0 Å². The number of nitrogens with zero attached hydrogens (tertiary/aromatic N) is 1. The zero-order valence-corrected chi connectivity index (χ0v) is 14.5. The lowest BCUT2D eigenvalue weighted by molar-refractivity contribution is 0.340. The number of rotatable bonds is 9. The van der Waals surface area contributed by atoms with Crippen molar-refractivity contribution >= 4 is 10.9 Å². The zero-order chi connectivity index (χ0) is 15.9. The Hall–Kier alpha value is -1.48. The molecule has 3 heteroatoms. The van der Waals surface area contributed by atoms with Crippen molar-refractivity contribution in [3.8, 4) is 5.75 Å². The molecule has 1 heterocycles. The first kappa shape index (κ1) is 16.9. The van der Waals surface area contributed by atoms with E-state index in [1.165, 1.54) is 35.0 Å². The molecule has 22 heavy (non-hydrogen) atoms. The van der Waals surface area contributed by atoms with Crippen LogP contribution < -0.4 is 10.1 Å². The van der Waals surface area contributed by atoms with Gasteiger partial charge < -0.3 is 14.6 Å². The van der Waals surface area contributed by atoms with Gasteiger partial charge >= 0.3 is 0 Å². The highest BCUT2D eigenvalue weighted by molar-refractivity contribution is 5.87. The van der Waals surface area contributed by atoms with Gasteiger partial charge in [-0.05, 0) is 57.0 Å². The summed E-state index contributed by atoms with van der Waals surface area (Å²) in [6.07, 6.45) is 3.61. The van der Waals surface area contributed by atoms with Gasteiger partial charge in [-0.2, -0.15) is 0 Å². The van der Waals surface area contributed by atoms with Crippen LogP contribution in [0, 0.1) is 6.92 Å². The number of fused-ring (bicyclic) bond motifs is 1. The van der Waals surface area contributed by atoms with E-state index in [0.717, 1.165) is 31.8 Å². The number of nitrogens with one attached hydrogen (secondary N) is 1. The normalized spacial score (nSPS) is 11.3. The van der Waals surface area contributed by atoms with Crippen molar-refractivity contribution < 1.29 is 4.74 Å². The molecule has 1 N–H and O–H groups in total. The van der Waals surface area contributed by atoms with Crippen molar-refractivity contribution in [1.29, 1.82) is 0 Å². The average molecular weight is 302 g/mol. The summed E-state index contributed by atoms with van der Waals surface area (Å²) in [5, 5.41) is 4.89. The zero-order valence-electron chi connectivity index (χ0n) is 14.5. The van der Waals surface area contributed by atoms with Gasteiger partial charge in [0.15, 0.2) is 0 Å². The van der Waals surface area contributed by atoms with Crippen molar-refractivity contribution in [3.63, 3.8) is 0 Å². The van der Waals surface area contributed by atoms with Crippen LogP contribution in [0.2, 0.25) is 0 Å². The fourth-order valence-electron chi connectivity index (χ4n) is 3.00. The van der Waals surface area contributed by atoms with Crippen LogP contribution in [-0.2, 0) is 13.1 Å². The standard InChI is InChI=1S/C19H30N2O/c1-5-8-12-21-15(4)18(14-20-11-6-2)17-13-16(22-7-3)9-10-19(17)21/h9-10,13,20H,5-8,11-12,14H2,1-4H3. The molecule has 0 fully saturated rings. The first-order chi connectivity index (χ1) is 10.7. The summed E-state index contributed by atoms with van der Waals surface area (Å²) in [5.74, 6) is 0.972. The quantitative estimate of drug-likeness (QED) is 0.682. The molecule has 0 unspecified atom stereocenters. The molecule has 0 radical (unpaired) electrons. The number of unbranched alkanes of at least 4 members (excludes halogenated alkanes) is 1. The van der Waals surface area contributed by atoms with Crippen molar-refractivity contribution in [2.75, 3.05) is 13.2 Å². The van der Waals surface area contributed by atoms with Crippen LogP contribution in [0.4, 0.5) is 0 Å². The molecular weight excluding hydrogens is 272 g/mol. The topological polar surface area (TPSA) is 26.2 Å². The predicted molar refractivity (Wildman–Crippen MR) is 94.7 cm³/mol. The summed E-state index contributed by atoms with van der Waals surface area (Å²) in [7, 11) is 0. The third-order valence-electron chi connectivity index (χ3n) is 4.20. The summed E-state index contributed by atoms with van der Waals surface area (Å²) >= 11 is 0. The molecule has 0 spiro atoms. The molecule has 0 aliphatic rings. The largest absolute Gasteiger partial charge is 0.494 e. The first-order valence-corrected chi connectivity index (χ1v) is 8.68. The van der Waals surface area contributed by atoms with Crippen molar-refractivity contribution in [3.05, 3.63) is 29.5 Å². The molecule has 0 saturated carbocycles. The number of aryl methyl sites for hydroxylation is 1. The molecule has 0 aliphatic carbocycles. The monoisotopic (exact) mass is 302 g/mol. The Morgan fingerprint density at radius 3 is 2.64 bits per heavy atom. The third-order valence-corrected chi connectivity index (χ3v) is 4.20. The van der Waals surface area contributed by atoms with E-state index >= 15 is 0 Å². The van der Waals surface area contributed by atoms with Crippen molar-refractivity contribution in [2.24, 2.45) is 0 Å². The Bertz CT molecular complexity index is 601. The number of aromatic nitrogens is 1. The second-order valence-electron chi connectivity index (χ2n) is 5.86. The Balaban J connectivity index is 2.43. The Labute approximate surface area is 134 Å². The van der Waals surface area contributed by atoms with E-state index in [-0.39, 0.29) is 0 Å². The molecule has 1 aromatic heterocycles. The maximum Gasteiger partial charge on any atom is 0.120 e. The number of benzene rings is 1. The molecule has 2 aromatic rings. The van der Waals surface area contributed by atoms with E-state index in [1.807, 2.05) is 6.92 Å². The highest BCUT2D eigenvalue weighted by atomic mass is 16.5. The van der Waals surface area contributed by atoms with Gasteiger partial charge in [0.2, 0.25) is 0 Å². The van der Waals surface area contributed by atoms with Crippen LogP contribution in [0.5, 0.6) is 5.75 Å². The average Bonchev–Trinajstić information content (AvgIpc) is 2.78. The van der Waals surface area contributed by atoms with E-state index in [2.05, 4.69) is 48.9 Å². The minimum Gasteiger partial charge on any atom is -0.494 e. The Kier molecular flexibility index (Phi) is 6.32. The summed E-state index contributed by atoms with van der Waals surface area (Å²) < 4.78 is 8.16. The minimum absolute atomic E-state index is 0.713. The SMILES string of the molecule is CCCCn1c(C)c(CNCCC)c2cc(OCC)ccc21. The lowest BCUT2D eigenvalue weighted by Gasteiger charge is -2.08. The van der Waals surface area contributed by atoms with E-state index in [1.54, 1.807) is 0 Å². The Morgan fingerprint density at radius 1 is 1.14 bits per heavy atom. The smallest absolute Gasteiger partial charge is 0.120 e. The van der Waals surface area contributed by atoms with Crippen LogP contribution >= 0.6 is 0 Å². The van der Waals surface area contributed by atoms with Gasteiger partial charge in [-0.15, -0.1) is 0 Å². The Morgan fingerprint density at radius 2 is 1.95 bits per heavy atom. The highest BCUT2D eigenvalue weighted by Crippen LogP contribution is 2.30. The number of hydrogen-bond acceptors (Lipinski definition) is 2. The predicted octanol–water partition coefficient (Wildman–Crippen LogP) is 4.65. The fourth-order valence-corrected chi connectivity index (χ4v) is 3.00. The molecule has 0 aliphatic heterocycles. The fraction of sp³-hybridized carbons (Fsp3) is 0.579. The van der Waals surface area contributed by atoms with Gasteiger partial charge in [-0.1, -0.05) is 20.3 Å². The van der Waals surface area contributed by atoms with Gasteiger partial charge in [0.1, 0.15) is 5.75 Å². The van der Waals surface area contributed by atoms with Crippen molar-refractivity contribution in [1.82, 2.24) is 9.88 Å². The van der Waals surface area contributed by atoms with Crippen LogP contribution in [0.1, 0.15) is 51.3 Å². The summed E-state index contributed by atoms with van der Waals surface area (Å²) in [4.78, 5) is 0. The third kappa shape index (κ3) is 3.64. The highest BCUT2D eigenvalue weighted by Gasteiger charge is 2.14. The van der Waals surface area contributed by atoms with Crippen LogP contribution in [0.25, 0.3) is 10.9 Å². The second-order valence-corrected chi connectivity index (χ2v) is 5.86. The van der Waals surface area contributed by atoms with Crippen LogP contribution in [0.15, 0.2) is 18.2 Å². The molecule has 0 amide bonds. The van der Waals surface area contributed by atoms with Crippen molar-refractivity contribution in [2.45, 2.75) is 60.0 Å². The summed E-state index contributed by atoms with van der Waals surface area (Å²) in [5.41, 5.74) is 4.14. The lowest BCUT2D eigenvalue weighted by atomic mass is 10.1. The van der Waals surface area contributed by atoms with Gasteiger partial charge in [0.25, 0.3) is 0 Å². The summed E-state index contributed by atoms with van der Waals surface area (Å²) in [6, 6.07) is 6.51. The molecule has 0 bridgehead atoms. The maximum atomic E-state index is 5.70. The summed E-state index contributed by atoms with van der Waals surface area (Å²) in [6.45, 7) is 12.5. The number of hydrogen-bond donors (Lipinski definition) is 1. The molecule has 122 valence electrons. The minimum atomic E-state index is 0.713. The molecule has 1 aromatic carbocycles. The van der Waals surface area contributed by atoms with Gasteiger partial charge in [0, 0.05) is 29.7 Å². The lowest BCUT2D eigenvalue weighted by Crippen LogP contribution is -2.14. The molecular formula is C19H30N2O.